The van der Waals surface area contributed by atoms with Gasteiger partial charge in [-0.1, -0.05) is 6.07 Å². The predicted octanol–water partition coefficient (Wildman–Crippen LogP) is 0.431. The van der Waals surface area contributed by atoms with Gasteiger partial charge in [0.25, 0.3) is 5.91 Å². The van der Waals surface area contributed by atoms with Crippen LogP contribution in [0.25, 0.3) is 11.3 Å². The molecule has 1 unspecified atom stereocenters. The van der Waals surface area contributed by atoms with Gasteiger partial charge in [0, 0.05) is 0 Å². The van der Waals surface area contributed by atoms with E-state index in [9.17, 15) is 9.59 Å². The van der Waals surface area contributed by atoms with Crippen molar-refractivity contribution in [3.05, 3.63) is 23.9 Å². The Morgan fingerprint density at radius 1 is 1.36 bits per heavy atom. The smallest absolute Gasteiger partial charge is 0.344 e. The maximum absolute atomic E-state index is 11.4. The maximum atomic E-state index is 11.4. The van der Waals surface area contributed by atoms with Crippen LogP contribution in [0, 0.1) is 0 Å². The first-order chi connectivity index (χ1) is 10.5. The van der Waals surface area contributed by atoms with Crippen LogP contribution in [0.4, 0.5) is 0 Å². The first-order valence-corrected chi connectivity index (χ1v) is 6.23. The first kappa shape index (κ1) is 15.3. The molecule has 0 radical (unpaired) electrons. The Labute approximate surface area is 125 Å². The van der Waals surface area contributed by atoms with Gasteiger partial charge in [-0.2, -0.15) is 15.4 Å². The summed E-state index contributed by atoms with van der Waals surface area (Å²) < 4.78 is 10.6. The number of aromatic amines is 1. The number of carboxylic acid groups (broad SMARTS) is 1. The third-order valence-electron chi connectivity index (χ3n) is 2.88. The van der Waals surface area contributed by atoms with Crippen molar-refractivity contribution in [3.8, 4) is 22.8 Å². The standard InChI is InChI=1S/C13H14N4O5/c1-6(13(19)20)22-11-7(4-3-5-8(11)21-2)9-10(12(14)18)16-17-15-9/h3-6H,1-2H3,(H2,14,18)(H,19,20)(H,15,16,17). The molecule has 0 saturated heterocycles. The number of nitrogens with two attached hydrogens (primary N) is 1. The number of hydrogen-bond donors (Lipinski definition) is 3. The fourth-order valence-corrected chi connectivity index (χ4v) is 1.80. The summed E-state index contributed by atoms with van der Waals surface area (Å²) in [5.41, 5.74) is 5.65. The number of primary amides is 1. The average molecular weight is 306 g/mol. The number of carbonyl (C=O) groups is 2. The van der Waals surface area contributed by atoms with Gasteiger partial charge in [-0.25, -0.2) is 4.79 Å². The largest absolute Gasteiger partial charge is 0.493 e. The van der Waals surface area contributed by atoms with Crippen LogP contribution in [-0.4, -0.2) is 45.6 Å². The van der Waals surface area contributed by atoms with Gasteiger partial charge in [-0.3, -0.25) is 4.79 Å². The minimum Gasteiger partial charge on any atom is -0.493 e. The van der Waals surface area contributed by atoms with Crippen LogP contribution in [-0.2, 0) is 4.79 Å². The van der Waals surface area contributed by atoms with E-state index in [1.54, 1.807) is 18.2 Å². The van der Waals surface area contributed by atoms with E-state index in [0.717, 1.165) is 0 Å². The molecule has 0 aliphatic heterocycles. The molecule has 9 nitrogen and oxygen atoms in total. The molecule has 4 N–H and O–H groups in total. The molecular weight excluding hydrogens is 292 g/mol. The zero-order valence-corrected chi connectivity index (χ0v) is 11.9. The number of carboxylic acids is 1. The molecular formula is C13H14N4O5. The number of amides is 1. The van der Waals surface area contributed by atoms with Crippen LogP contribution in [0.5, 0.6) is 11.5 Å². The predicted molar refractivity (Wildman–Crippen MR) is 74.6 cm³/mol. The first-order valence-electron chi connectivity index (χ1n) is 6.23. The second-order valence-electron chi connectivity index (χ2n) is 4.32. The number of benzene rings is 1. The Kier molecular flexibility index (Phi) is 4.25. The highest BCUT2D eigenvalue weighted by atomic mass is 16.5. The molecule has 2 rings (SSSR count). The van der Waals surface area contributed by atoms with Crippen LogP contribution in [0.2, 0.25) is 0 Å². The van der Waals surface area contributed by atoms with Crippen LogP contribution in [0.1, 0.15) is 17.4 Å². The number of para-hydroxylation sites is 1. The summed E-state index contributed by atoms with van der Waals surface area (Å²) in [4.78, 5) is 22.4. The number of aromatic nitrogens is 3. The third-order valence-corrected chi connectivity index (χ3v) is 2.88. The van der Waals surface area contributed by atoms with Crippen LogP contribution in [0.15, 0.2) is 18.2 Å². The Morgan fingerprint density at radius 2 is 2.09 bits per heavy atom. The second-order valence-corrected chi connectivity index (χ2v) is 4.32. The summed E-state index contributed by atoms with van der Waals surface area (Å²) >= 11 is 0. The van der Waals surface area contributed by atoms with Crippen LogP contribution < -0.4 is 15.2 Å². The van der Waals surface area contributed by atoms with Crippen molar-refractivity contribution >= 4 is 11.9 Å². The molecule has 1 heterocycles. The lowest BCUT2D eigenvalue weighted by Crippen LogP contribution is -2.23. The number of carbonyl (C=O) groups excluding carboxylic acids is 1. The van der Waals surface area contributed by atoms with E-state index in [1.807, 2.05) is 0 Å². The van der Waals surface area contributed by atoms with E-state index in [0.29, 0.717) is 11.3 Å². The van der Waals surface area contributed by atoms with Crippen molar-refractivity contribution in [3.63, 3.8) is 0 Å². The minimum absolute atomic E-state index is 0.0823. The molecule has 22 heavy (non-hydrogen) atoms. The molecule has 0 aliphatic carbocycles. The molecule has 0 spiro atoms. The topological polar surface area (TPSA) is 140 Å². The van der Waals surface area contributed by atoms with Crippen molar-refractivity contribution < 1.29 is 24.2 Å². The number of rotatable bonds is 6. The van der Waals surface area contributed by atoms with Crippen molar-refractivity contribution in [2.75, 3.05) is 7.11 Å². The quantitative estimate of drug-likeness (QED) is 0.702. The van der Waals surface area contributed by atoms with E-state index < -0.39 is 18.0 Å². The highest BCUT2D eigenvalue weighted by Crippen LogP contribution is 2.38. The maximum Gasteiger partial charge on any atom is 0.344 e. The normalized spacial score (nSPS) is 11.7. The lowest BCUT2D eigenvalue weighted by molar-refractivity contribution is -0.144. The summed E-state index contributed by atoms with van der Waals surface area (Å²) in [6, 6.07) is 4.83. The van der Waals surface area contributed by atoms with Gasteiger partial charge in [-0.15, -0.1) is 0 Å². The minimum atomic E-state index is -1.15. The lowest BCUT2D eigenvalue weighted by Gasteiger charge is -2.16. The molecule has 0 fully saturated rings. The van der Waals surface area contributed by atoms with Gasteiger partial charge in [0.05, 0.1) is 12.7 Å². The van der Waals surface area contributed by atoms with Crippen molar-refractivity contribution in [1.82, 2.24) is 15.4 Å². The molecule has 2 aromatic rings. The molecule has 1 amide bonds. The van der Waals surface area contributed by atoms with Gasteiger partial charge in [0.1, 0.15) is 5.69 Å². The van der Waals surface area contributed by atoms with Gasteiger partial charge in [-0.05, 0) is 19.1 Å². The number of aliphatic carboxylic acids is 1. The van der Waals surface area contributed by atoms with Crippen molar-refractivity contribution in [2.45, 2.75) is 13.0 Å². The van der Waals surface area contributed by atoms with E-state index >= 15 is 0 Å². The van der Waals surface area contributed by atoms with Crippen molar-refractivity contribution in [1.29, 1.82) is 0 Å². The number of nitrogens with zero attached hydrogens (tertiary/aromatic N) is 2. The average Bonchev–Trinajstić information content (AvgIpc) is 2.96. The highest BCUT2D eigenvalue weighted by molar-refractivity contribution is 5.97. The van der Waals surface area contributed by atoms with Crippen molar-refractivity contribution in [2.24, 2.45) is 5.73 Å². The molecule has 0 saturated carbocycles. The molecule has 1 atom stereocenters. The SMILES string of the molecule is COc1cccc(-c2n[nH]nc2C(N)=O)c1OC(C)C(=O)O. The molecule has 1 aromatic carbocycles. The number of nitrogens with one attached hydrogen (secondary N) is 1. The number of ether oxygens (including phenoxy) is 2. The summed E-state index contributed by atoms with van der Waals surface area (Å²) in [6.45, 7) is 1.37. The molecule has 0 bridgehead atoms. The van der Waals surface area contributed by atoms with Crippen LogP contribution >= 0.6 is 0 Å². The fraction of sp³-hybridized carbons (Fsp3) is 0.231. The van der Waals surface area contributed by atoms with Gasteiger partial charge >= 0.3 is 5.97 Å². The Hall–Kier alpha value is -3.10. The molecule has 0 aliphatic rings. The number of methoxy groups -OCH3 is 1. The molecule has 9 heteroatoms. The van der Waals surface area contributed by atoms with E-state index in [-0.39, 0.29) is 17.1 Å². The molecule has 1 aromatic heterocycles. The molecule has 116 valence electrons. The monoisotopic (exact) mass is 306 g/mol. The summed E-state index contributed by atoms with van der Waals surface area (Å²) in [6.07, 6.45) is -1.13. The van der Waals surface area contributed by atoms with Gasteiger partial charge < -0.3 is 20.3 Å². The second kappa shape index (κ2) is 6.12. The van der Waals surface area contributed by atoms with E-state index in [4.69, 9.17) is 20.3 Å². The third kappa shape index (κ3) is 2.82. The van der Waals surface area contributed by atoms with Gasteiger partial charge in [0.2, 0.25) is 0 Å². The Balaban J connectivity index is 2.58. The number of hydrogen-bond acceptors (Lipinski definition) is 6. The summed E-state index contributed by atoms with van der Waals surface area (Å²) in [5.74, 6) is -1.49. The van der Waals surface area contributed by atoms with E-state index in [1.165, 1.54) is 14.0 Å². The van der Waals surface area contributed by atoms with E-state index in [2.05, 4.69) is 15.4 Å². The Morgan fingerprint density at radius 3 is 2.68 bits per heavy atom. The number of H-pyrrole nitrogens is 1. The highest BCUT2D eigenvalue weighted by Gasteiger charge is 2.24. The van der Waals surface area contributed by atoms with Gasteiger partial charge in [0.15, 0.2) is 23.3 Å². The lowest BCUT2D eigenvalue weighted by atomic mass is 10.1. The van der Waals surface area contributed by atoms with Crippen LogP contribution in [0.3, 0.4) is 0 Å². The Bertz CT molecular complexity index is 712. The summed E-state index contributed by atoms with van der Waals surface area (Å²) in [5, 5.41) is 18.9. The fourth-order valence-electron chi connectivity index (χ4n) is 1.80. The zero-order valence-electron chi connectivity index (χ0n) is 11.9. The summed E-state index contributed by atoms with van der Waals surface area (Å²) in [7, 11) is 1.41. The zero-order chi connectivity index (χ0) is 16.3.